The van der Waals surface area contributed by atoms with E-state index in [0.717, 1.165) is 27.0 Å². The molecule has 4 rings (SSSR count). The first-order chi connectivity index (χ1) is 11.2. The zero-order valence-electron chi connectivity index (χ0n) is 12.6. The van der Waals surface area contributed by atoms with Gasteiger partial charge in [-0.3, -0.25) is 0 Å². The summed E-state index contributed by atoms with van der Waals surface area (Å²) in [4.78, 5) is 0.735. The van der Waals surface area contributed by atoms with E-state index in [2.05, 4.69) is 15.3 Å². The van der Waals surface area contributed by atoms with E-state index in [1.807, 2.05) is 50.2 Å². The molecule has 0 aliphatic heterocycles. The van der Waals surface area contributed by atoms with E-state index in [1.165, 1.54) is 11.3 Å². The molecule has 116 valence electrons. The zero-order chi connectivity index (χ0) is 15.8. The molecule has 0 saturated heterocycles. The van der Waals surface area contributed by atoms with E-state index < -0.39 is 0 Å². The van der Waals surface area contributed by atoms with Gasteiger partial charge in [0.1, 0.15) is 17.6 Å². The van der Waals surface area contributed by atoms with Crippen LogP contribution in [0.15, 0.2) is 47.1 Å². The van der Waals surface area contributed by atoms with Crippen molar-refractivity contribution in [1.82, 2.24) is 19.8 Å². The van der Waals surface area contributed by atoms with Crippen LogP contribution >= 0.6 is 11.3 Å². The summed E-state index contributed by atoms with van der Waals surface area (Å²) in [5.41, 5.74) is 0.894. The standard InChI is InChI=1S/C16H14N4O2S/c1-10-13(8-9-21-10)14-17-18-16-20(14)19-15(23-16)11(2)22-12-6-4-3-5-7-12/h3-9,11H,1-2H3/t11-/m0/s1. The summed E-state index contributed by atoms with van der Waals surface area (Å²) in [6.07, 6.45) is 1.47. The van der Waals surface area contributed by atoms with Gasteiger partial charge in [-0.05, 0) is 32.0 Å². The van der Waals surface area contributed by atoms with Crippen LogP contribution in [0, 0.1) is 6.92 Å². The van der Waals surface area contributed by atoms with Crippen LogP contribution in [0.25, 0.3) is 16.3 Å². The highest BCUT2D eigenvalue weighted by Crippen LogP contribution is 2.29. The summed E-state index contributed by atoms with van der Waals surface area (Å²) in [7, 11) is 0. The Morgan fingerprint density at radius 2 is 2.00 bits per heavy atom. The highest BCUT2D eigenvalue weighted by atomic mass is 32.1. The number of aryl methyl sites for hydroxylation is 1. The van der Waals surface area contributed by atoms with Crippen LogP contribution in [0.5, 0.6) is 5.75 Å². The minimum atomic E-state index is -0.164. The average molecular weight is 326 g/mol. The number of benzene rings is 1. The van der Waals surface area contributed by atoms with Crippen molar-refractivity contribution >= 4 is 16.3 Å². The third-order valence-electron chi connectivity index (χ3n) is 3.51. The fourth-order valence-corrected chi connectivity index (χ4v) is 3.15. The normalized spacial score (nSPS) is 12.6. The van der Waals surface area contributed by atoms with Crippen LogP contribution in [0.3, 0.4) is 0 Å². The quantitative estimate of drug-likeness (QED) is 0.569. The second-order valence-electron chi connectivity index (χ2n) is 5.12. The third kappa shape index (κ3) is 2.49. The number of nitrogens with zero attached hydrogens (tertiary/aromatic N) is 4. The van der Waals surface area contributed by atoms with Crippen molar-refractivity contribution in [1.29, 1.82) is 0 Å². The highest BCUT2D eigenvalue weighted by Gasteiger charge is 2.19. The van der Waals surface area contributed by atoms with Crippen LogP contribution < -0.4 is 4.74 Å². The van der Waals surface area contributed by atoms with Crippen molar-refractivity contribution in [2.45, 2.75) is 20.0 Å². The maximum absolute atomic E-state index is 5.92. The molecule has 0 aliphatic rings. The monoisotopic (exact) mass is 326 g/mol. The number of aromatic nitrogens is 4. The Morgan fingerprint density at radius 1 is 1.17 bits per heavy atom. The van der Waals surface area contributed by atoms with Crippen molar-refractivity contribution in [2.75, 3.05) is 0 Å². The number of para-hydroxylation sites is 1. The predicted octanol–water partition coefficient (Wildman–Crippen LogP) is 3.89. The molecule has 0 saturated carbocycles. The summed E-state index contributed by atoms with van der Waals surface area (Å²) < 4.78 is 13.0. The van der Waals surface area contributed by atoms with Gasteiger partial charge < -0.3 is 9.15 Å². The Kier molecular flexibility index (Phi) is 3.34. The summed E-state index contributed by atoms with van der Waals surface area (Å²) in [5.74, 6) is 2.29. The number of hydrogen-bond donors (Lipinski definition) is 0. The lowest BCUT2D eigenvalue weighted by Crippen LogP contribution is -2.03. The van der Waals surface area contributed by atoms with Gasteiger partial charge >= 0.3 is 0 Å². The van der Waals surface area contributed by atoms with Crippen LogP contribution in [0.2, 0.25) is 0 Å². The lowest BCUT2D eigenvalue weighted by atomic mass is 10.2. The summed E-state index contributed by atoms with van der Waals surface area (Å²) in [6.45, 7) is 3.87. The van der Waals surface area contributed by atoms with E-state index >= 15 is 0 Å². The van der Waals surface area contributed by atoms with E-state index in [-0.39, 0.29) is 6.10 Å². The minimum absolute atomic E-state index is 0.164. The first kappa shape index (κ1) is 14.0. The van der Waals surface area contributed by atoms with Gasteiger partial charge in [0.2, 0.25) is 4.96 Å². The molecular weight excluding hydrogens is 312 g/mol. The molecule has 3 aromatic heterocycles. The zero-order valence-corrected chi connectivity index (χ0v) is 13.4. The molecule has 7 heteroatoms. The van der Waals surface area contributed by atoms with E-state index in [0.29, 0.717) is 5.82 Å². The minimum Gasteiger partial charge on any atom is -0.483 e. The number of ether oxygens (including phenoxy) is 1. The number of fused-ring (bicyclic) bond motifs is 1. The lowest BCUT2D eigenvalue weighted by molar-refractivity contribution is 0.225. The third-order valence-corrected chi connectivity index (χ3v) is 4.57. The van der Waals surface area contributed by atoms with Crippen LogP contribution in [-0.2, 0) is 0 Å². The molecule has 0 amide bonds. The molecule has 1 atom stereocenters. The van der Waals surface area contributed by atoms with Crippen molar-refractivity contribution in [3.63, 3.8) is 0 Å². The van der Waals surface area contributed by atoms with Gasteiger partial charge in [-0.25, -0.2) is 0 Å². The molecule has 0 spiro atoms. The molecule has 0 fully saturated rings. The maximum atomic E-state index is 5.92. The second kappa shape index (κ2) is 5.51. The summed E-state index contributed by atoms with van der Waals surface area (Å²) >= 11 is 1.47. The average Bonchev–Trinajstić information content (AvgIpc) is 3.23. The molecule has 23 heavy (non-hydrogen) atoms. The Bertz CT molecular complexity index is 941. The lowest BCUT2D eigenvalue weighted by Gasteiger charge is -2.11. The summed E-state index contributed by atoms with van der Waals surface area (Å²) in [5, 5.41) is 13.9. The molecule has 1 aromatic carbocycles. The van der Waals surface area contributed by atoms with Crippen molar-refractivity contribution < 1.29 is 9.15 Å². The van der Waals surface area contributed by atoms with Crippen LogP contribution in [0.4, 0.5) is 0 Å². The predicted molar refractivity (Wildman–Crippen MR) is 86.6 cm³/mol. The number of rotatable bonds is 4. The largest absolute Gasteiger partial charge is 0.483 e. The van der Waals surface area contributed by atoms with Crippen molar-refractivity contribution in [2.24, 2.45) is 0 Å². The fraction of sp³-hybridized carbons (Fsp3) is 0.188. The van der Waals surface area contributed by atoms with Gasteiger partial charge in [-0.15, -0.1) is 10.2 Å². The first-order valence-electron chi connectivity index (χ1n) is 7.20. The Morgan fingerprint density at radius 3 is 2.74 bits per heavy atom. The van der Waals surface area contributed by atoms with Crippen LogP contribution in [-0.4, -0.2) is 19.8 Å². The molecule has 0 aliphatic carbocycles. The molecule has 0 N–H and O–H groups in total. The molecule has 6 nitrogen and oxygen atoms in total. The highest BCUT2D eigenvalue weighted by molar-refractivity contribution is 7.16. The molecule has 0 bridgehead atoms. The molecule has 4 aromatic rings. The number of furan rings is 1. The fourth-order valence-electron chi connectivity index (χ4n) is 2.33. The Balaban J connectivity index is 1.67. The van der Waals surface area contributed by atoms with Crippen molar-refractivity contribution in [3.8, 4) is 17.1 Å². The maximum Gasteiger partial charge on any atom is 0.235 e. The Labute approximate surface area is 136 Å². The van der Waals surface area contributed by atoms with E-state index in [9.17, 15) is 0 Å². The molecule has 3 heterocycles. The smallest absolute Gasteiger partial charge is 0.235 e. The van der Waals surface area contributed by atoms with E-state index in [1.54, 1.807) is 10.8 Å². The Hall–Kier alpha value is -2.67. The molecule has 0 unspecified atom stereocenters. The molecule has 0 radical (unpaired) electrons. The van der Waals surface area contributed by atoms with Gasteiger partial charge in [-0.2, -0.15) is 9.61 Å². The van der Waals surface area contributed by atoms with Gasteiger partial charge in [0.25, 0.3) is 0 Å². The number of hydrogen-bond acceptors (Lipinski definition) is 6. The van der Waals surface area contributed by atoms with Crippen LogP contribution in [0.1, 0.15) is 23.8 Å². The van der Waals surface area contributed by atoms with Gasteiger partial charge in [0, 0.05) is 0 Å². The molecular formula is C16H14N4O2S. The van der Waals surface area contributed by atoms with Gasteiger partial charge in [0.05, 0.1) is 11.8 Å². The second-order valence-corrected chi connectivity index (χ2v) is 6.11. The van der Waals surface area contributed by atoms with Gasteiger partial charge in [0.15, 0.2) is 10.8 Å². The van der Waals surface area contributed by atoms with Gasteiger partial charge in [-0.1, -0.05) is 29.5 Å². The van der Waals surface area contributed by atoms with Crippen molar-refractivity contribution in [3.05, 3.63) is 53.4 Å². The first-order valence-corrected chi connectivity index (χ1v) is 8.02. The summed E-state index contributed by atoms with van der Waals surface area (Å²) in [6, 6.07) is 11.6. The SMILES string of the molecule is Cc1occc1-c1nnc2sc([C@H](C)Oc3ccccc3)nn12. The topological polar surface area (TPSA) is 65.5 Å². The van der Waals surface area contributed by atoms with E-state index in [4.69, 9.17) is 9.15 Å².